The van der Waals surface area contributed by atoms with E-state index < -0.39 is 0 Å². The van der Waals surface area contributed by atoms with Crippen molar-refractivity contribution in [1.82, 2.24) is 0 Å². The molecule has 0 amide bonds. The number of benzene rings is 1. The molecule has 0 radical (unpaired) electrons. The molecule has 0 atom stereocenters. The zero-order valence-electron chi connectivity index (χ0n) is 9.31. The fourth-order valence-electron chi connectivity index (χ4n) is 2.30. The van der Waals surface area contributed by atoms with E-state index in [9.17, 15) is 0 Å². The van der Waals surface area contributed by atoms with E-state index in [0.29, 0.717) is 10.0 Å². The second kappa shape index (κ2) is 5.79. The van der Waals surface area contributed by atoms with E-state index in [0.717, 1.165) is 18.2 Å². The van der Waals surface area contributed by atoms with Crippen LogP contribution < -0.4 is 5.32 Å². The molecule has 0 spiro atoms. The highest BCUT2D eigenvalue weighted by atomic mass is 35.5. The van der Waals surface area contributed by atoms with Gasteiger partial charge in [-0.3, -0.25) is 0 Å². The molecule has 16 heavy (non-hydrogen) atoms. The topological polar surface area (TPSA) is 12.0 Å². The third kappa shape index (κ3) is 3.05. The number of para-hydroxylation sites is 1. The van der Waals surface area contributed by atoms with Crippen molar-refractivity contribution in [2.24, 2.45) is 5.92 Å². The molecular formula is C13H17Cl2N. The maximum Gasteiger partial charge on any atom is 0.0719 e. The molecular weight excluding hydrogens is 241 g/mol. The van der Waals surface area contributed by atoms with Crippen LogP contribution in [-0.2, 0) is 0 Å². The second-order valence-corrected chi connectivity index (χ2v) is 5.30. The summed E-state index contributed by atoms with van der Waals surface area (Å²) in [5.74, 6) is 0.779. The third-order valence-electron chi connectivity index (χ3n) is 3.26. The second-order valence-electron chi connectivity index (χ2n) is 4.48. The van der Waals surface area contributed by atoms with Crippen molar-refractivity contribution in [3.05, 3.63) is 28.2 Å². The molecule has 0 aromatic heterocycles. The Hall–Kier alpha value is -0.400. The lowest BCUT2D eigenvalue weighted by molar-refractivity contribution is 0.373. The lowest BCUT2D eigenvalue weighted by Crippen LogP contribution is -2.17. The van der Waals surface area contributed by atoms with Crippen LogP contribution in [0.1, 0.15) is 32.1 Å². The Bertz CT molecular complexity index is 326. The van der Waals surface area contributed by atoms with Crippen LogP contribution in [0.5, 0.6) is 0 Å². The molecule has 1 aliphatic rings. The van der Waals surface area contributed by atoms with E-state index in [4.69, 9.17) is 23.2 Å². The quantitative estimate of drug-likeness (QED) is 0.805. The van der Waals surface area contributed by atoms with Gasteiger partial charge in [-0.05, 0) is 30.9 Å². The van der Waals surface area contributed by atoms with Crippen LogP contribution in [0, 0.1) is 5.92 Å². The van der Waals surface area contributed by atoms with Gasteiger partial charge in [-0.2, -0.15) is 0 Å². The predicted molar refractivity (Wildman–Crippen MR) is 71.5 cm³/mol. The average molecular weight is 258 g/mol. The van der Waals surface area contributed by atoms with Gasteiger partial charge in [0.1, 0.15) is 0 Å². The summed E-state index contributed by atoms with van der Waals surface area (Å²) in [7, 11) is 0. The maximum atomic E-state index is 6.10. The van der Waals surface area contributed by atoms with E-state index in [-0.39, 0.29) is 0 Å². The highest BCUT2D eigenvalue weighted by Crippen LogP contribution is 2.31. The van der Waals surface area contributed by atoms with Crippen molar-refractivity contribution in [2.75, 3.05) is 11.9 Å². The fourth-order valence-corrected chi connectivity index (χ4v) is 2.84. The lowest BCUT2D eigenvalue weighted by Gasteiger charge is -2.22. The van der Waals surface area contributed by atoms with Gasteiger partial charge in [-0.25, -0.2) is 0 Å². The first kappa shape index (κ1) is 12.1. The highest BCUT2D eigenvalue weighted by molar-refractivity contribution is 6.39. The molecule has 1 aromatic carbocycles. The molecule has 1 N–H and O–H groups in total. The normalized spacial score (nSPS) is 17.4. The molecule has 88 valence electrons. The SMILES string of the molecule is Clc1cccc(Cl)c1NCC1CCCCC1. The summed E-state index contributed by atoms with van der Waals surface area (Å²) in [5.41, 5.74) is 0.886. The minimum Gasteiger partial charge on any atom is -0.382 e. The molecule has 1 aliphatic carbocycles. The van der Waals surface area contributed by atoms with Crippen LogP contribution in [0.25, 0.3) is 0 Å². The molecule has 2 rings (SSSR count). The van der Waals surface area contributed by atoms with E-state index in [1.807, 2.05) is 18.2 Å². The summed E-state index contributed by atoms with van der Waals surface area (Å²) in [6, 6.07) is 5.61. The Kier molecular flexibility index (Phi) is 4.37. The molecule has 1 nitrogen and oxygen atoms in total. The van der Waals surface area contributed by atoms with Crippen LogP contribution in [0.4, 0.5) is 5.69 Å². The number of anilines is 1. The largest absolute Gasteiger partial charge is 0.382 e. The first-order valence-electron chi connectivity index (χ1n) is 5.95. The monoisotopic (exact) mass is 257 g/mol. The minimum absolute atomic E-state index is 0.711. The fraction of sp³-hybridized carbons (Fsp3) is 0.538. The van der Waals surface area contributed by atoms with Gasteiger partial charge in [0.15, 0.2) is 0 Å². The zero-order chi connectivity index (χ0) is 11.4. The van der Waals surface area contributed by atoms with E-state index in [1.54, 1.807) is 0 Å². The molecule has 1 saturated carbocycles. The van der Waals surface area contributed by atoms with Crippen molar-refractivity contribution in [1.29, 1.82) is 0 Å². The van der Waals surface area contributed by atoms with Gasteiger partial charge >= 0.3 is 0 Å². The Morgan fingerprint density at radius 1 is 1.06 bits per heavy atom. The van der Waals surface area contributed by atoms with Crippen molar-refractivity contribution in [2.45, 2.75) is 32.1 Å². The number of hydrogen-bond donors (Lipinski definition) is 1. The summed E-state index contributed by atoms with van der Waals surface area (Å²) >= 11 is 12.2. The van der Waals surface area contributed by atoms with Crippen LogP contribution in [0.2, 0.25) is 10.0 Å². The summed E-state index contributed by atoms with van der Waals surface area (Å²) in [6.07, 6.45) is 6.78. The van der Waals surface area contributed by atoms with E-state index >= 15 is 0 Å². The number of hydrogen-bond acceptors (Lipinski definition) is 1. The Balaban J connectivity index is 1.93. The van der Waals surface area contributed by atoms with Gasteiger partial charge in [0, 0.05) is 6.54 Å². The first-order chi connectivity index (χ1) is 7.77. The Morgan fingerprint density at radius 2 is 1.69 bits per heavy atom. The molecule has 0 unspecified atom stereocenters. The van der Waals surface area contributed by atoms with Crippen LogP contribution in [0.3, 0.4) is 0 Å². The summed E-state index contributed by atoms with van der Waals surface area (Å²) in [5, 5.41) is 4.81. The standard InChI is InChI=1S/C13H17Cl2N/c14-11-7-4-8-12(15)13(11)16-9-10-5-2-1-3-6-10/h4,7-8,10,16H,1-3,5-6,9H2. The van der Waals surface area contributed by atoms with Crippen molar-refractivity contribution in [3.8, 4) is 0 Å². The molecule has 0 aliphatic heterocycles. The van der Waals surface area contributed by atoms with Crippen LogP contribution in [0.15, 0.2) is 18.2 Å². The van der Waals surface area contributed by atoms with Crippen molar-refractivity contribution in [3.63, 3.8) is 0 Å². The molecule has 1 aromatic rings. The smallest absolute Gasteiger partial charge is 0.0719 e. The van der Waals surface area contributed by atoms with Crippen molar-refractivity contribution >= 4 is 28.9 Å². The maximum absolute atomic E-state index is 6.10. The molecule has 0 bridgehead atoms. The van der Waals surface area contributed by atoms with Gasteiger partial charge in [-0.1, -0.05) is 48.5 Å². The van der Waals surface area contributed by atoms with E-state index in [1.165, 1.54) is 32.1 Å². The number of halogens is 2. The van der Waals surface area contributed by atoms with Crippen molar-refractivity contribution < 1.29 is 0 Å². The minimum atomic E-state index is 0.711. The summed E-state index contributed by atoms with van der Waals surface area (Å²) in [4.78, 5) is 0. The molecule has 0 heterocycles. The van der Waals surface area contributed by atoms with Gasteiger partial charge in [-0.15, -0.1) is 0 Å². The molecule has 1 fully saturated rings. The summed E-state index contributed by atoms with van der Waals surface area (Å²) in [6.45, 7) is 0.990. The van der Waals surface area contributed by atoms with Crippen LogP contribution >= 0.6 is 23.2 Å². The Morgan fingerprint density at radius 3 is 2.31 bits per heavy atom. The number of rotatable bonds is 3. The molecule has 0 saturated heterocycles. The third-order valence-corrected chi connectivity index (χ3v) is 3.88. The molecule has 3 heteroatoms. The van der Waals surface area contributed by atoms with Gasteiger partial charge in [0.25, 0.3) is 0 Å². The number of nitrogens with one attached hydrogen (secondary N) is 1. The van der Waals surface area contributed by atoms with Gasteiger partial charge < -0.3 is 5.32 Å². The van der Waals surface area contributed by atoms with Gasteiger partial charge in [0.2, 0.25) is 0 Å². The highest BCUT2D eigenvalue weighted by Gasteiger charge is 2.14. The first-order valence-corrected chi connectivity index (χ1v) is 6.71. The lowest BCUT2D eigenvalue weighted by atomic mass is 9.89. The predicted octanol–water partition coefficient (Wildman–Crippen LogP) is 4.99. The van der Waals surface area contributed by atoms with Gasteiger partial charge in [0.05, 0.1) is 15.7 Å². The Labute approximate surface area is 107 Å². The zero-order valence-corrected chi connectivity index (χ0v) is 10.8. The average Bonchev–Trinajstić information content (AvgIpc) is 2.30. The van der Waals surface area contributed by atoms with Crippen LogP contribution in [-0.4, -0.2) is 6.54 Å². The summed E-state index contributed by atoms with van der Waals surface area (Å²) < 4.78 is 0. The van der Waals surface area contributed by atoms with E-state index in [2.05, 4.69) is 5.32 Å².